The van der Waals surface area contributed by atoms with E-state index < -0.39 is 5.91 Å². The largest absolute Gasteiger partial charge is 0.366 e. The fraction of sp³-hybridized carbons (Fsp3) is 0.105. The minimum absolute atomic E-state index is 0.214. The van der Waals surface area contributed by atoms with Crippen LogP contribution in [0, 0.1) is 6.92 Å². The Kier molecular flexibility index (Phi) is 4.77. The molecule has 3 rings (SSSR count). The number of aromatic nitrogens is 2. The van der Waals surface area contributed by atoms with Gasteiger partial charge in [-0.15, -0.1) is 0 Å². The second-order valence-corrected chi connectivity index (χ2v) is 6.28. The molecule has 0 aliphatic carbocycles. The van der Waals surface area contributed by atoms with Gasteiger partial charge in [0.1, 0.15) is 5.82 Å². The van der Waals surface area contributed by atoms with Gasteiger partial charge in [-0.1, -0.05) is 29.8 Å². The van der Waals surface area contributed by atoms with E-state index in [-0.39, 0.29) is 5.91 Å². The molecule has 0 aliphatic heterocycles. The molecule has 1 aromatic carbocycles. The monoisotopic (exact) mass is 368 g/mol. The Hall–Kier alpha value is -3.12. The summed E-state index contributed by atoms with van der Waals surface area (Å²) in [4.78, 5) is 27.4. The lowest BCUT2D eigenvalue weighted by Gasteiger charge is -2.09. The number of pyridine rings is 1. The van der Waals surface area contributed by atoms with E-state index >= 15 is 0 Å². The average Bonchev–Trinajstić information content (AvgIpc) is 3.01. The average molecular weight is 369 g/mol. The van der Waals surface area contributed by atoms with Crippen molar-refractivity contribution >= 4 is 29.2 Å². The van der Waals surface area contributed by atoms with Gasteiger partial charge in [0.2, 0.25) is 5.91 Å². The number of hydrogen-bond donors (Lipinski definition) is 2. The van der Waals surface area contributed by atoms with Gasteiger partial charge in [-0.05, 0) is 18.6 Å². The molecule has 0 bridgehead atoms. The molecule has 132 valence electrons. The maximum atomic E-state index is 11.9. The van der Waals surface area contributed by atoms with E-state index in [9.17, 15) is 9.59 Å². The Morgan fingerprint density at radius 3 is 2.58 bits per heavy atom. The zero-order valence-corrected chi connectivity index (χ0v) is 15.0. The van der Waals surface area contributed by atoms with Crippen LogP contribution < -0.4 is 11.1 Å². The number of anilines is 1. The van der Waals surface area contributed by atoms with Crippen LogP contribution >= 0.6 is 11.6 Å². The van der Waals surface area contributed by atoms with Crippen LogP contribution in [0.4, 0.5) is 5.82 Å². The van der Waals surface area contributed by atoms with E-state index in [0.717, 1.165) is 16.8 Å². The SMILES string of the molecule is CC(=O)Nc1cc(-n2cc(C(N)=O)c(-c3ccccc3Cl)c2)c(C)cn1. The van der Waals surface area contributed by atoms with Gasteiger partial charge in [0.05, 0.1) is 11.3 Å². The lowest BCUT2D eigenvalue weighted by Crippen LogP contribution is -2.11. The second kappa shape index (κ2) is 7.01. The van der Waals surface area contributed by atoms with Gasteiger partial charge in [0.25, 0.3) is 5.91 Å². The summed E-state index contributed by atoms with van der Waals surface area (Å²) < 4.78 is 1.78. The molecular weight excluding hydrogens is 352 g/mol. The van der Waals surface area contributed by atoms with Crippen molar-refractivity contribution in [3.8, 4) is 16.8 Å². The van der Waals surface area contributed by atoms with Gasteiger partial charge < -0.3 is 15.6 Å². The van der Waals surface area contributed by atoms with E-state index in [2.05, 4.69) is 10.3 Å². The predicted octanol–water partition coefficient (Wildman–Crippen LogP) is 3.56. The number of rotatable bonds is 4. The highest BCUT2D eigenvalue weighted by atomic mass is 35.5. The number of aryl methyl sites for hydroxylation is 1. The molecule has 0 spiro atoms. The van der Waals surface area contributed by atoms with Crippen molar-refractivity contribution in [2.24, 2.45) is 5.73 Å². The minimum atomic E-state index is -0.549. The van der Waals surface area contributed by atoms with Crippen molar-refractivity contribution < 1.29 is 9.59 Å². The third-order valence-electron chi connectivity index (χ3n) is 3.91. The van der Waals surface area contributed by atoms with Gasteiger partial charge in [-0.2, -0.15) is 0 Å². The maximum Gasteiger partial charge on any atom is 0.250 e. The lowest BCUT2D eigenvalue weighted by atomic mass is 10.0. The van der Waals surface area contributed by atoms with Crippen LogP contribution in [0.3, 0.4) is 0 Å². The molecule has 26 heavy (non-hydrogen) atoms. The Balaban J connectivity index is 2.16. The Morgan fingerprint density at radius 1 is 1.19 bits per heavy atom. The molecule has 7 heteroatoms. The molecule has 0 saturated carbocycles. The molecular formula is C19H17ClN4O2. The number of halogens is 1. The predicted molar refractivity (Wildman–Crippen MR) is 102 cm³/mol. The van der Waals surface area contributed by atoms with E-state index in [1.54, 1.807) is 35.3 Å². The lowest BCUT2D eigenvalue weighted by molar-refractivity contribution is -0.114. The molecule has 2 amide bonds. The van der Waals surface area contributed by atoms with Crippen molar-refractivity contribution in [2.75, 3.05) is 5.32 Å². The summed E-state index contributed by atoms with van der Waals surface area (Å²) in [5.74, 6) is -0.339. The topological polar surface area (TPSA) is 90.0 Å². The Labute approximate surface area is 155 Å². The molecule has 0 saturated heterocycles. The van der Waals surface area contributed by atoms with Gasteiger partial charge in [0.15, 0.2) is 0 Å². The van der Waals surface area contributed by atoms with Crippen molar-refractivity contribution in [3.05, 3.63) is 65.1 Å². The third-order valence-corrected chi connectivity index (χ3v) is 4.24. The van der Waals surface area contributed by atoms with E-state index in [0.29, 0.717) is 22.0 Å². The summed E-state index contributed by atoms with van der Waals surface area (Å²) in [7, 11) is 0. The Bertz CT molecular complexity index is 1010. The van der Waals surface area contributed by atoms with Crippen LogP contribution in [-0.2, 0) is 4.79 Å². The number of carbonyl (C=O) groups is 2. The maximum absolute atomic E-state index is 11.9. The number of nitrogens with one attached hydrogen (secondary N) is 1. The van der Waals surface area contributed by atoms with Gasteiger partial charge >= 0.3 is 0 Å². The number of nitrogens with two attached hydrogens (primary N) is 1. The first-order valence-electron chi connectivity index (χ1n) is 7.88. The highest BCUT2D eigenvalue weighted by Crippen LogP contribution is 2.32. The normalized spacial score (nSPS) is 10.6. The van der Waals surface area contributed by atoms with Gasteiger partial charge in [-0.25, -0.2) is 4.98 Å². The third kappa shape index (κ3) is 3.45. The Morgan fingerprint density at radius 2 is 1.92 bits per heavy atom. The van der Waals surface area contributed by atoms with E-state index in [4.69, 9.17) is 17.3 Å². The van der Waals surface area contributed by atoms with Crippen LogP contribution in [0.1, 0.15) is 22.8 Å². The quantitative estimate of drug-likeness (QED) is 0.737. The van der Waals surface area contributed by atoms with E-state index in [1.165, 1.54) is 6.92 Å². The number of nitrogens with zero attached hydrogens (tertiary/aromatic N) is 2. The molecule has 3 aromatic rings. The fourth-order valence-electron chi connectivity index (χ4n) is 2.72. The van der Waals surface area contributed by atoms with Crippen molar-refractivity contribution in [1.29, 1.82) is 0 Å². The zero-order valence-electron chi connectivity index (χ0n) is 14.3. The summed E-state index contributed by atoms with van der Waals surface area (Å²) in [6, 6.07) is 8.98. The molecule has 3 N–H and O–H groups in total. The van der Waals surface area contributed by atoms with Crippen molar-refractivity contribution in [2.45, 2.75) is 13.8 Å². The number of hydrogen-bond acceptors (Lipinski definition) is 3. The van der Waals surface area contributed by atoms with Gasteiger partial charge in [-0.3, -0.25) is 9.59 Å². The summed E-state index contributed by atoms with van der Waals surface area (Å²) in [6.07, 6.45) is 5.10. The number of benzene rings is 1. The van der Waals surface area contributed by atoms with E-state index in [1.807, 2.05) is 25.1 Å². The molecule has 2 heterocycles. The van der Waals surface area contributed by atoms with Crippen LogP contribution in [0.5, 0.6) is 0 Å². The first-order valence-corrected chi connectivity index (χ1v) is 8.26. The van der Waals surface area contributed by atoms with Crippen molar-refractivity contribution in [3.63, 3.8) is 0 Å². The zero-order chi connectivity index (χ0) is 18.8. The second-order valence-electron chi connectivity index (χ2n) is 5.87. The standard InChI is InChI=1S/C19H17ClN4O2/c1-11-8-22-18(23-12(2)25)7-17(11)24-9-14(15(10-24)19(21)26)13-5-3-4-6-16(13)20/h3-10H,1-2H3,(H2,21,26)(H,22,23,25). The first kappa shape index (κ1) is 17.7. The summed E-state index contributed by atoms with van der Waals surface area (Å²) in [6.45, 7) is 3.30. The van der Waals surface area contributed by atoms with Crippen molar-refractivity contribution in [1.82, 2.24) is 9.55 Å². The smallest absolute Gasteiger partial charge is 0.250 e. The highest BCUT2D eigenvalue weighted by molar-refractivity contribution is 6.33. The van der Waals surface area contributed by atoms with Crippen LogP contribution in [0.25, 0.3) is 16.8 Å². The van der Waals surface area contributed by atoms with Crippen LogP contribution in [0.2, 0.25) is 5.02 Å². The van der Waals surface area contributed by atoms with Gasteiger partial charge in [0, 0.05) is 47.7 Å². The number of amides is 2. The molecule has 0 aliphatic rings. The molecule has 0 atom stereocenters. The minimum Gasteiger partial charge on any atom is -0.366 e. The molecule has 0 fully saturated rings. The molecule has 6 nitrogen and oxygen atoms in total. The summed E-state index contributed by atoms with van der Waals surface area (Å²) in [5.41, 5.74) is 8.92. The van der Waals surface area contributed by atoms with Crippen LogP contribution in [0.15, 0.2) is 48.9 Å². The first-order chi connectivity index (χ1) is 12.4. The highest BCUT2D eigenvalue weighted by Gasteiger charge is 2.17. The molecule has 2 aromatic heterocycles. The molecule has 0 unspecified atom stereocenters. The number of carbonyl (C=O) groups excluding carboxylic acids is 2. The fourth-order valence-corrected chi connectivity index (χ4v) is 2.96. The summed E-state index contributed by atoms with van der Waals surface area (Å²) >= 11 is 6.29. The van der Waals surface area contributed by atoms with Crippen LogP contribution in [-0.4, -0.2) is 21.4 Å². The molecule has 0 radical (unpaired) electrons. The summed E-state index contributed by atoms with van der Waals surface area (Å²) in [5, 5.41) is 3.18. The number of primary amides is 1.